The predicted octanol–water partition coefficient (Wildman–Crippen LogP) is 3.00. The minimum atomic E-state index is -0.672. The second-order valence-corrected chi connectivity index (χ2v) is 5.93. The van der Waals surface area contributed by atoms with Crippen molar-refractivity contribution in [2.24, 2.45) is 0 Å². The van der Waals surface area contributed by atoms with Crippen LogP contribution < -0.4 is 10.9 Å². The number of carbonyl (C=O) groups excluding carboxylic acids is 1. The summed E-state index contributed by atoms with van der Waals surface area (Å²) in [7, 11) is 0. The van der Waals surface area contributed by atoms with Crippen LogP contribution in [0.2, 0.25) is 0 Å². The molecule has 0 spiro atoms. The Morgan fingerprint density at radius 3 is 2.64 bits per heavy atom. The fraction of sp³-hybridized carbons (Fsp3) is 0.158. The molecular weight excluding hydrogens is 322 g/mol. The molecule has 6 heteroatoms. The highest BCUT2D eigenvalue weighted by Gasteiger charge is 2.18. The third-order valence-corrected chi connectivity index (χ3v) is 3.98. The average Bonchev–Trinajstić information content (AvgIpc) is 2.50. The van der Waals surface area contributed by atoms with E-state index in [9.17, 15) is 19.8 Å². The lowest BCUT2D eigenvalue weighted by molar-refractivity contribution is -0.115. The van der Waals surface area contributed by atoms with E-state index in [4.69, 9.17) is 4.42 Å². The van der Waals surface area contributed by atoms with E-state index in [0.29, 0.717) is 16.6 Å². The molecule has 0 saturated carbocycles. The summed E-state index contributed by atoms with van der Waals surface area (Å²) >= 11 is 0. The zero-order valence-corrected chi connectivity index (χ0v) is 13.8. The minimum Gasteiger partial charge on any atom is -0.508 e. The van der Waals surface area contributed by atoms with Crippen molar-refractivity contribution in [1.82, 2.24) is 0 Å². The van der Waals surface area contributed by atoms with Gasteiger partial charge < -0.3 is 19.9 Å². The monoisotopic (exact) mass is 339 g/mol. The second-order valence-electron chi connectivity index (χ2n) is 5.93. The number of hydrogen-bond acceptors (Lipinski definition) is 5. The summed E-state index contributed by atoms with van der Waals surface area (Å²) in [5, 5.41) is 22.6. The van der Waals surface area contributed by atoms with Gasteiger partial charge in [-0.15, -0.1) is 0 Å². The summed E-state index contributed by atoms with van der Waals surface area (Å²) in [4.78, 5) is 24.5. The highest BCUT2D eigenvalue weighted by atomic mass is 16.4. The van der Waals surface area contributed by atoms with Crippen molar-refractivity contribution in [2.45, 2.75) is 20.3 Å². The highest BCUT2D eigenvalue weighted by Crippen LogP contribution is 2.32. The molecule has 25 heavy (non-hydrogen) atoms. The molecule has 1 amide bonds. The summed E-state index contributed by atoms with van der Waals surface area (Å²) in [5.74, 6) is -0.785. The van der Waals surface area contributed by atoms with Gasteiger partial charge >= 0.3 is 5.63 Å². The molecule has 1 heterocycles. The Morgan fingerprint density at radius 2 is 1.92 bits per heavy atom. The molecule has 0 aliphatic carbocycles. The van der Waals surface area contributed by atoms with Gasteiger partial charge in [0.1, 0.15) is 17.1 Å². The highest BCUT2D eigenvalue weighted by molar-refractivity contribution is 5.94. The normalized spacial score (nSPS) is 10.8. The number of nitrogens with one attached hydrogen (secondary N) is 1. The fourth-order valence-corrected chi connectivity index (χ4v) is 2.80. The first-order valence-corrected chi connectivity index (χ1v) is 7.70. The van der Waals surface area contributed by atoms with Crippen molar-refractivity contribution in [2.75, 3.05) is 5.32 Å². The Hall–Kier alpha value is -3.28. The number of fused-ring (bicyclic) bond motifs is 1. The number of carbonyl (C=O) groups is 1. The first kappa shape index (κ1) is 16.6. The zero-order valence-electron chi connectivity index (χ0n) is 13.8. The Labute approximate surface area is 143 Å². The van der Waals surface area contributed by atoms with Crippen LogP contribution in [-0.2, 0) is 11.2 Å². The summed E-state index contributed by atoms with van der Waals surface area (Å²) in [6.45, 7) is 3.54. The van der Waals surface area contributed by atoms with E-state index in [2.05, 4.69) is 5.32 Å². The lowest BCUT2D eigenvalue weighted by Crippen LogP contribution is -2.20. The molecule has 0 fully saturated rings. The van der Waals surface area contributed by atoms with Crippen LogP contribution in [0.4, 0.5) is 5.69 Å². The van der Waals surface area contributed by atoms with Gasteiger partial charge in [-0.25, -0.2) is 4.79 Å². The number of aryl methyl sites for hydroxylation is 2. The van der Waals surface area contributed by atoms with Crippen LogP contribution in [0, 0.1) is 13.8 Å². The number of anilines is 1. The lowest BCUT2D eigenvalue weighted by Gasteiger charge is -2.10. The molecule has 3 aromatic rings. The predicted molar refractivity (Wildman–Crippen MR) is 94.1 cm³/mol. The third-order valence-electron chi connectivity index (χ3n) is 3.98. The van der Waals surface area contributed by atoms with E-state index in [1.807, 2.05) is 25.1 Å². The van der Waals surface area contributed by atoms with Gasteiger partial charge in [-0.3, -0.25) is 4.79 Å². The van der Waals surface area contributed by atoms with Gasteiger partial charge in [-0.2, -0.15) is 0 Å². The summed E-state index contributed by atoms with van der Waals surface area (Å²) < 4.78 is 5.15. The summed E-state index contributed by atoms with van der Waals surface area (Å²) in [6, 6.07) is 9.73. The van der Waals surface area contributed by atoms with E-state index in [0.717, 1.165) is 11.6 Å². The number of benzene rings is 2. The maximum Gasteiger partial charge on any atom is 0.340 e. The van der Waals surface area contributed by atoms with E-state index in [-0.39, 0.29) is 35.0 Å². The van der Waals surface area contributed by atoms with Crippen LogP contribution in [-0.4, -0.2) is 16.1 Å². The molecule has 3 N–H and O–H groups in total. The van der Waals surface area contributed by atoms with Gasteiger partial charge in [-0.05, 0) is 37.1 Å². The fourth-order valence-electron chi connectivity index (χ4n) is 2.80. The van der Waals surface area contributed by atoms with Crippen LogP contribution in [0.5, 0.6) is 11.5 Å². The van der Waals surface area contributed by atoms with Crippen LogP contribution in [0.1, 0.15) is 16.7 Å². The van der Waals surface area contributed by atoms with Crippen molar-refractivity contribution in [1.29, 1.82) is 0 Å². The lowest BCUT2D eigenvalue weighted by atomic mass is 10.0. The van der Waals surface area contributed by atoms with E-state index >= 15 is 0 Å². The van der Waals surface area contributed by atoms with Gasteiger partial charge in [0.25, 0.3) is 0 Å². The topological polar surface area (TPSA) is 99.8 Å². The largest absolute Gasteiger partial charge is 0.508 e. The van der Waals surface area contributed by atoms with Crippen molar-refractivity contribution in [3.63, 3.8) is 0 Å². The summed E-state index contributed by atoms with van der Waals surface area (Å²) in [6.07, 6.45) is -0.182. The number of phenols is 2. The Bertz CT molecular complexity index is 1040. The number of rotatable bonds is 3. The molecule has 0 aliphatic heterocycles. The number of aromatic hydroxyl groups is 2. The third kappa shape index (κ3) is 3.33. The first-order valence-electron chi connectivity index (χ1n) is 7.70. The molecular formula is C19H17NO5. The minimum absolute atomic E-state index is 0.0721. The molecule has 128 valence electrons. The molecule has 0 atom stereocenters. The number of amides is 1. The van der Waals surface area contributed by atoms with Crippen LogP contribution in [0.15, 0.2) is 45.6 Å². The maximum atomic E-state index is 12.3. The van der Waals surface area contributed by atoms with Crippen molar-refractivity contribution in [3.8, 4) is 11.5 Å². The standard InChI is InChI=1S/C19H17NO5/c1-10-4-3-5-12(6-10)20-17(23)9-14-11(2)18-15(22)7-13(21)8-16(18)25-19(14)24/h3-8,21-22H,9H2,1-2H3,(H,20,23). The zero-order chi connectivity index (χ0) is 18.1. The Balaban J connectivity index is 1.96. The molecule has 3 rings (SSSR count). The molecule has 0 radical (unpaired) electrons. The molecule has 0 unspecified atom stereocenters. The molecule has 0 aliphatic rings. The molecule has 0 saturated heterocycles. The van der Waals surface area contributed by atoms with Gasteiger partial charge in [0.2, 0.25) is 5.91 Å². The van der Waals surface area contributed by atoms with Crippen molar-refractivity contribution in [3.05, 3.63) is 63.5 Å². The number of hydrogen-bond donors (Lipinski definition) is 3. The van der Waals surface area contributed by atoms with Gasteiger partial charge in [-0.1, -0.05) is 12.1 Å². The summed E-state index contributed by atoms with van der Waals surface area (Å²) in [5.41, 5.74) is 1.66. The SMILES string of the molecule is Cc1cccc(NC(=O)Cc2c(C)c3c(O)cc(O)cc3oc2=O)c1. The Morgan fingerprint density at radius 1 is 1.16 bits per heavy atom. The van der Waals surface area contributed by atoms with E-state index < -0.39 is 5.63 Å². The molecule has 1 aromatic heterocycles. The van der Waals surface area contributed by atoms with Crippen molar-refractivity contribution < 1.29 is 19.4 Å². The second kappa shape index (κ2) is 6.32. The maximum absolute atomic E-state index is 12.3. The van der Waals surface area contributed by atoms with E-state index in [1.165, 1.54) is 6.07 Å². The van der Waals surface area contributed by atoms with Crippen LogP contribution in [0.25, 0.3) is 11.0 Å². The quantitative estimate of drug-likeness (QED) is 0.637. The molecule has 6 nitrogen and oxygen atoms in total. The molecule has 2 aromatic carbocycles. The van der Waals surface area contributed by atoms with E-state index in [1.54, 1.807) is 13.0 Å². The Kier molecular flexibility index (Phi) is 4.19. The van der Waals surface area contributed by atoms with Gasteiger partial charge in [0.15, 0.2) is 0 Å². The van der Waals surface area contributed by atoms with Crippen LogP contribution in [0.3, 0.4) is 0 Å². The van der Waals surface area contributed by atoms with Crippen molar-refractivity contribution >= 4 is 22.6 Å². The number of phenolic OH excluding ortho intramolecular Hbond substituents is 2. The van der Waals surface area contributed by atoms with Crippen LogP contribution >= 0.6 is 0 Å². The molecule has 0 bridgehead atoms. The average molecular weight is 339 g/mol. The van der Waals surface area contributed by atoms with Gasteiger partial charge in [0.05, 0.1) is 17.4 Å². The van der Waals surface area contributed by atoms with Gasteiger partial charge in [0, 0.05) is 17.8 Å². The first-order chi connectivity index (χ1) is 11.8. The smallest absolute Gasteiger partial charge is 0.340 e.